The van der Waals surface area contributed by atoms with Crippen LogP contribution in [0.4, 0.5) is 0 Å². The predicted molar refractivity (Wildman–Crippen MR) is 114 cm³/mol. The highest BCUT2D eigenvalue weighted by molar-refractivity contribution is 7.90. The number of fused-ring (bicyclic) bond motifs is 3. The van der Waals surface area contributed by atoms with Crippen molar-refractivity contribution in [1.82, 2.24) is 18.6 Å². The largest absolute Gasteiger partial charge is 0.321 e. The first-order valence-corrected chi connectivity index (χ1v) is 10.8. The molecule has 0 aliphatic heterocycles. The predicted octanol–water partition coefficient (Wildman–Crippen LogP) is 3.56. The highest BCUT2D eigenvalue weighted by Crippen LogP contribution is 2.26. The molecule has 30 heavy (non-hydrogen) atoms. The van der Waals surface area contributed by atoms with E-state index in [9.17, 15) is 8.42 Å². The smallest absolute Gasteiger partial charge is 0.269 e. The van der Waals surface area contributed by atoms with Crippen molar-refractivity contribution in [2.24, 2.45) is 5.11 Å². The number of pyridine rings is 1. The summed E-state index contributed by atoms with van der Waals surface area (Å²) in [6.45, 7) is 4.16. The number of hydrogen-bond acceptors (Lipinski definition) is 6. The molecule has 4 rings (SSSR count). The normalized spacial score (nSPS) is 12.7. The van der Waals surface area contributed by atoms with Gasteiger partial charge in [0, 0.05) is 29.1 Å². The number of aromatic nitrogens is 4. The van der Waals surface area contributed by atoms with E-state index in [2.05, 4.69) is 25.4 Å². The topological polar surface area (TPSA) is 131 Å². The Morgan fingerprint density at radius 3 is 2.70 bits per heavy atom. The molecular weight excluding hydrogens is 404 g/mol. The van der Waals surface area contributed by atoms with Gasteiger partial charge in [-0.2, -0.15) is 0 Å². The van der Waals surface area contributed by atoms with Crippen LogP contribution >= 0.6 is 0 Å². The summed E-state index contributed by atoms with van der Waals surface area (Å²) in [6, 6.07) is 8.31. The van der Waals surface area contributed by atoms with Crippen molar-refractivity contribution in [1.29, 1.82) is 0 Å². The Labute approximate surface area is 172 Å². The van der Waals surface area contributed by atoms with Gasteiger partial charge in [-0.25, -0.2) is 27.0 Å². The molecular formula is C19H20N8O2S. The Kier molecular flexibility index (Phi) is 5.06. The van der Waals surface area contributed by atoms with Gasteiger partial charge in [-0.3, -0.25) is 0 Å². The molecule has 3 heterocycles. The molecule has 0 amide bonds. The average molecular weight is 424 g/mol. The van der Waals surface area contributed by atoms with Crippen molar-refractivity contribution in [2.45, 2.75) is 31.2 Å². The second kappa shape index (κ2) is 7.69. The first-order valence-electron chi connectivity index (χ1n) is 9.38. The average Bonchev–Trinajstić information content (AvgIpc) is 3.35. The molecule has 0 saturated heterocycles. The Balaban J connectivity index is 1.82. The number of nitrogens with one attached hydrogen (secondary N) is 1. The number of benzene rings is 1. The van der Waals surface area contributed by atoms with Gasteiger partial charge < -0.3 is 5.43 Å². The van der Waals surface area contributed by atoms with Gasteiger partial charge >= 0.3 is 0 Å². The third-order valence-electron chi connectivity index (χ3n) is 4.94. The number of azide groups is 1. The Hall–Kier alpha value is -3.56. The van der Waals surface area contributed by atoms with Gasteiger partial charge in [0.2, 0.25) is 0 Å². The molecule has 0 spiro atoms. The second-order valence-corrected chi connectivity index (χ2v) is 8.74. The zero-order valence-corrected chi connectivity index (χ0v) is 17.3. The molecule has 0 aliphatic carbocycles. The zero-order valence-electron chi connectivity index (χ0n) is 16.5. The maximum absolute atomic E-state index is 13.2. The molecule has 3 aromatic heterocycles. The summed E-state index contributed by atoms with van der Waals surface area (Å²) in [5.74, 6) is 0. The fourth-order valence-corrected chi connectivity index (χ4v) is 4.57. The summed E-state index contributed by atoms with van der Waals surface area (Å²) in [6.07, 6.45) is 5.39. The Morgan fingerprint density at radius 2 is 2.00 bits per heavy atom. The van der Waals surface area contributed by atoms with Crippen molar-refractivity contribution in [3.8, 4) is 0 Å². The summed E-state index contributed by atoms with van der Waals surface area (Å²) < 4.78 is 29.2. The monoisotopic (exact) mass is 424 g/mol. The molecule has 1 unspecified atom stereocenters. The van der Waals surface area contributed by atoms with Crippen molar-refractivity contribution >= 4 is 32.1 Å². The molecule has 0 fully saturated rings. The minimum absolute atomic E-state index is 0.0973. The van der Waals surface area contributed by atoms with E-state index in [-0.39, 0.29) is 17.5 Å². The molecule has 10 nitrogen and oxygen atoms in total. The van der Waals surface area contributed by atoms with Gasteiger partial charge in [0.15, 0.2) is 5.65 Å². The van der Waals surface area contributed by atoms with E-state index in [1.807, 2.05) is 13.8 Å². The van der Waals surface area contributed by atoms with Gasteiger partial charge in [0.1, 0.15) is 17.4 Å². The van der Waals surface area contributed by atoms with Crippen LogP contribution in [0.2, 0.25) is 0 Å². The van der Waals surface area contributed by atoms with Gasteiger partial charge in [0.05, 0.1) is 11.1 Å². The van der Waals surface area contributed by atoms with E-state index in [1.165, 1.54) is 10.2 Å². The van der Waals surface area contributed by atoms with Crippen molar-refractivity contribution < 1.29 is 8.42 Å². The molecule has 0 aliphatic rings. The molecule has 154 valence electrons. The van der Waals surface area contributed by atoms with Crippen LogP contribution in [0.5, 0.6) is 0 Å². The fourth-order valence-electron chi connectivity index (χ4n) is 3.27. The minimum Gasteiger partial charge on any atom is -0.321 e. The van der Waals surface area contributed by atoms with E-state index in [1.54, 1.807) is 47.5 Å². The quantitative estimate of drug-likeness (QED) is 0.275. The summed E-state index contributed by atoms with van der Waals surface area (Å²) in [4.78, 5) is 11.7. The molecule has 4 aromatic rings. The second-order valence-electron chi connectivity index (χ2n) is 6.92. The van der Waals surface area contributed by atoms with Crippen LogP contribution in [0.1, 0.15) is 18.9 Å². The lowest BCUT2D eigenvalue weighted by atomic mass is 10.2. The van der Waals surface area contributed by atoms with E-state index in [0.29, 0.717) is 22.1 Å². The highest BCUT2D eigenvalue weighted by Gasteiger charge is 2.22. The van der Waals surface area contributed by atoms with E-state index in [0.717, 1.165) is 12.0 Å². The van der Waals surface area contributed by atoms with Crippen LogP contribution in [0.15, 0.2) is 59.1 Å². The number of imidazole rings is 1. The van der Waals surface area contributed by atoms with Crippen molar-refractivity contribution in [3.63, 3.8) is 0 Å². The van der Waals surface area contributed by atoms with Gasteiger partial charge in [-0.1, -0.05) is 29.7 Å². The van der Waals surface area contributed by atoms with Crippen LogP contribution in [0, 0.1) is 6.92 Å². The first-order chi connectivity index (χ1) is 14.5. The number of aryl methyl sites for hydroxylation is 1. The lowest BCUT2D eigenvalue weighted by Crippen LogP contribution is -2.29. The fraction of sp³-hybridized carbons (Fsp3) is 0.263. The highest BCUT2D eigenvalue weighted by atomic mass is 32.2. The van der Waals surface area contributed by atoms with E-state index < -0.39 is 10.0 Å². The van der Waals surface area contributed by atoms with Gasteiger partial charge in [0.25, 0.3) is 10.0 Å². The molecule has 1 N–H and O–H groups in total. The summed E-state index contributed by atoms with van der Waals surface area (Å²) in [5.41, 5.74) is 14.5. The Bertz CT molecular complexity index is 1370. The van der Waals surface area contributed by atoms with Crippen LogP contribution in [0.25, 0.3) is 32.5 Å². The standard InChI is InChI=1S/C19H20N8O2S/c1-3-14(10-23-25-20)24-26-12-22-17-11-21-19-16(18(17)26)8-9-27(19)30(28,29)15-6-4-13(2)5-7-15/h4-9,11-12,14,24H,3,10H2,1-2H3. The van der Waals surface area contributed by atoms with Crippen LogP contribution in [-0.2, 0) is 10.0 Å². The molecule has 1 aromatic carbocycles. The van der Waals surface area contributed by atoms with Crippen LogP contribution < -0.4 is 5.43 Å². The lowest BCUT2D eigenvalue weighted by Gasteiger charge is -2.17. The summed E-state index contributed by atoms with van der Waals surface area (Å²) >= 11 is 0. The summed E-state index contributed by atoms with van der Waals surface area (Å²) in [5, 5.41) is 4.28. The molecule has 1 atom stereocenters. The molecule has 11 heteroatoms. The van der Waals surface area contributed by atoms with Gasteiger partial charge in [-0.15, -0.1) is 0 Å². The first kappa shape index (κ1) is 19.7. The molecule has 0 bridgehead atoms. The van der Waals surface area contributed by atoms with Crippen molar-refractivity contribution in [3.05, 3.63) is 65.1 Å². The van der Waals surface area contributed by atoms with E-state index >= 15 is 0 Å². The lowest BCUT2D eigenvalue weighted by molar-refractivity contribution is 0.588. The van der Waals surface area contributed by atoms with Gasteiger partial charge in [-0.05, 0) is 37.1 Å². The number of rotatable bonds is 7. The SMILES string of the molecule is CCC(CN=[N+]=[N-])Nn1cnc2cnc3c(ccn3S(=O)(=O)c3ccc(C)cc3)c21. The third-order valence-corrected chi connectivity index (χ3v) is 6.62. The Morgan fingerprint density at radius 1 is 1.23 bits per heavy atom. The molecule has 0 saturated carbocycles. The van der Waals surface area contributed by atoms with Crippen molar-refractivity contribution in [2.75, 3.05) is 12.0 Å². The van der Waals surface area contributed by atoms with Crippen LogP contribution in [-0.4, -0.2) is 39.6 Å². The molecule has 0 radical (unpaired) electrons. The third kappa shape index (κ3) is 3.34. The van der Waals surface area contributed by atoms with Crippen LogP contribution in [0.3, 0.4) is 0 Å². The summed E-state index contributed by atoms with van der Waals surface area (Å²) in [7, 11) is -3.79. The maximum atomic E-state index is 13.2. The number of hydrogen-bond donors (Lipinski definition) is 1. The minimum atomic E-state index is -3.79. The van der Waals surface area contributed by atoms with E-state index in [4.69, 9.17) is 5.53 Å². The zero-order chi connectivity index (χ0) is 21.3. The number of nitrogens with zero attached hydrogens (tertiary/aromatic N) is 7. The maximum Gasteiger partial charge on any atom is 0.269 e.